The average Bonchev–Trinajstić information content (AvgIpc) is 2.98. The summed E-state index contributed by atoms with van der Waals surface area (Å²) in [7, 11) is 0. The van der Waals surface area contributed by atoms with Crippen LogP contribution in [0.4, 0.5) is 5.69 Å². The molecule has 0 heterocycles. The minimum absolute atomic E-state index is 0.0883. The fourth-order valence-electron chi connectivity index (χ4n) is 2.74. The summed E-state index contributed by atoms with van der Waals surface area (Å²) in [6.07, 6.45) is 5.38. The summed E-state index contributed by atoms with van der Waals surface area (Å²) >= 11 is 0. The van der Waals surface area contributed by atoms with Crippen molar-refractivity contribution in [3.8, 4) is 5.75 Å². The minimum Gasteiger partial charge on any atom is -0.492 e. The molecule has 1 N–H and O–H groups in total. The molecule has 1 atom stereocenters. The highest BCUT2D eigenvalue weighted by Gasteiger charge is 2.20. The normalized spacial score (nSPS) is 17.1. The van der Waals surface area contributed by atoms with Gasteiger partial charge in [-0.25, -0.2) is 0 Å². The van der Waals surface area contributed by atoms with Gasteiger partial charge in [-0.1, -0.05) is 12.8 Å². The number of ether oxygens (including phenoxy) is 1. The van der Waals surface area contributed by atoms with Crippen LogP contribution in [0.15, 0.2) is 24.3 Å². The molecule has 110 valence electrons. The Labute approximate surface area is 119 Å². The van der Waals surface area contributed by atoms with Crippen LogP contribution < -0.4 is 10.1 Å². The Morgan fingerprint density at radius 1 is 1.35 bits per heavy atom. The summed E-state index contributed by atoms with van der Waals surface area (Å²) in [6, 6.07) is 6.74. The Hall–Kier alpha value is -1.62. The Bertz CT molecular complexity index is 427. The summed E-state index contributed by atoms with van der Waals surface area (Å²) in [4.78, 5) is 10.1. The number of rotatable bonds is 7. The van der Waals surface area contributed by atoms with E-state index >= 15 is 0 Å². The van der Waals surface area contributed by atoms with Gasteiger partial charge in [0.25, 0.3) is 5.69 Å². The van der Waals surface area contributed by atoms with Crippen molar-refractivity contribution in [3.05, 3.63) is 34.4 Å². The van der Waals surface area contributed by atoms with Crippen LogP contribution in [0, 0.1) is 16.0 Å². The highest BCUT2D eigenvalue weighted by molar-refractivity contribution is 5.35. The second kappa shape index (κ2) is 7.24. The van der Waals surface area contributed by atoms with Crippen LogP contribution in [0.1, 0.15) is 32.6 Å². The Balaban J connectivity index is 1.66. The zero-order valence-corrected chi connectivity index (χ0v) is 11.9. The second-order valence-electron chi connectivity index (χ2n) is 5.39. The fourth-order valence-corrected chi connectivity index (χ4v) is 2.74. The van der Waals surface area contributed by atoms with Gasteiger partial charge in [-0.2, -0.15) is 0 Å². The van der Waals surface area contributed by atoms with Crippen LogP contribution >= 0.6 is 0 Å². The fraction of sp³-hybridized carbons (Fsp3) is 0.600. The molecule has 2 rings (SSSR count). The summed E-state index contributed by atoms with van der Waals surface area (Å²) in [5.41, 5.74) is 0.0883. The number of non-ortho nitro benzene ring substituents is 1. The van der Waals surface area contributed by atoms with E-state index in [-0.39, 0.29) is 5.69 Å². The predicted octanol–water partition coefficient (Wildman–Crippen LogP) is 3.14. The predicted molar refractivity (Wildman–Crippen MR) is 78.0 cm³/mol. The maximum Gasteiger partial charge on any atom is 0.269 e. The maximum absolute atomic E-state index is 10.5. The first-order chi connectivity index (χ1) is 9.66. The number of hydrogen-bond acceptors (Lipinski definition) is 4. The lowest BCUT2D eigenvalue weighted by atomic mass is 10.00. The highest BCUT2D eigenvalue weighted by atomic mass is 16.6. The van der Waals surface area contributed by atoms with E-state index in [0.29, 0.717) is 18.4 Å². The zero-order chi connectivity index (χ0) is 14.4. The van der Waals surface area contributed by atoms with E-state index in [1.54, 1.807) is 12.1 Å². The summed E-state index contributed by atoms with van der Waals surface area (Å²) in [6.45, 7) is 3.62. The molecule has 0 aliphatic heterocycles. The van der Waals surface area contributed by atoms with Gasteiger partial charge in [-0.3, -0.25) is 10.1 Å². The van der Waals surface area contributed by atoms with Crippen molar-refractivity contribution in [2.75, 3.05) is 13.2 Å². The van der Waals surface area contributed by atoms with Gasteiger partial charge in [0.2, 0.25) is 0 Å². The number of hydrogen-bond donors (Lipinski definition) is 1. The van der Waals surface area contributed by atoms with Gasteiger partial charge in [0.15, 0.2) is 0 Å². The van der Waals surface area contributed by atoms with Crippen molar-refractivity contribution >= 4 is 5.69 Å². The minimum atomic E-state index is -0.408. The molecular weight excluding hydrogens is 256 g/mol. The van der Waals surface area contributed by atoms with Gasteiger partial charge < -0.3 is 10.1 Å². The molecule has 0 spiro atoms. The summed E-state index contributed by atoms with van der Waals surface area (Å²) < 4.78 is 5.57. The number of nitro benzene ring substituents is 1. The molecule has 1 aliphatic carbocycles. The van der Waals surface area contributed by atoms with Gasteiger partial charge in [-0.05, 0) is 37.8 Å². The maximum atomic E-state index is 10.5. The molecule has 20 heavy (non-hydrogen) atoms. The zero-order valence-electron chi connectivity index (χ0n) is 11.9. The molecule has 1 fully saturated rings. The monoisotopic (exact) mass is 278 g/mol. The molecule has 0 amide bonds. The molecule has 0 radical (unpaired) electrons. The van der Waals surface area contributed by atoms with Crippen LogP contribution in [0.2, 0.25) is 0 Å². The van der Waals surface area contributed by atoms with Crippen LogP contribution in [0.3, 0.4) is 0 Å². The lowest BCUT2D eigenvalue weighted by Gasteiger charge is -2.20. The van der Waals surface area contributed by atoms with Crippen molar-refractivity contribution in [1.29, 1.82) is 0 Å². The number of nitro groups is 1. The average molecular weight is 278 g/mol. The van der Waals surface area contributed by atoms with Crippen LogP contribution in [0.5, 0.6) is 5.75 Å². The lowest BCUT2D eigenvalue weighted by Crippen LogP contribution is -2.35. The van der Waals surface area contributed by atoms with Crippen molar-refractivity contribution in [2.45, 2.75) is 38.6 Å². The largest absolute Gasteiger partial charge is 0.492 e. The van der Waals surface area contributed by atoms with E-state index in [2.05, 4.69) is 12.2 Å². The smallest absolute Gasteiger partial charge is 0.269 e. The van der Waals surface area contributed by atoms with E-state index in [4.69, 9.17) is 4.74 Å². The Morgan fingerprint density at radius 2 is 2.00 bits per heavy atom. The highest BCUT2D eigenvalue weighted by Crippen LogP contribution is 2.27. The third-order valence-corrected chi connectivity index (χ3v) is 3.99. The number of nitrogens with one attached hydrogen (secondary N) is 1. The molecule has 0 saturated heterocycles. The first kappa shape index (κ1) is 14.8. The van der Waals surface area contributed by atoms with E-state index < -0.39 is 4.92 Å². The molecule has 5 heteroatoms. The van der Waals surface area contributed by atoms with Gasteiger partial charge in [0.1, 0.15) is 12.4 Å². The van der Waals surface area contributed by atoms with Gasteiger partial charge in [0, 0.05) is 24.7 Å². The second-order valence-corrected chi connectivity index (χ2v) is 5.39. The van der Waals surface area contributed by atoms with Gasteiger partial charge in [0.05, 0.1) is 4.92 Å². The van der Waals surface area contributed by atoms with E-state index in [1.807, 2.05) is 0 Å². The quantitative estimate of drug-likeness (QED) is 0.473. The molecule has 5 nitrogen and oxygen atoms in total. The van der Waals surface area contributed by atoms with E-state index in [9.17, 15) is 10.1 Å². The van der Waals surface area contributed by atoms with Gasteiger partial charge >= 0.3 is 0 Å². The first-order valence-electron chi connectivity index (χ1n) is 7.27. The van der Waals surface area contributed by atoms with Crippen molar-refractivity contribution in [1.82, 2.24) is 5.32 Å². The molecular formula is C15H22N2O3. The third-order valence-electron chi connectivity index (χ3n) is 3.99. The first-order valence-corrected chi connectivity index (χ1v) is 7.27. The Kier molecular flexibility index (Phi) is 5.35. The SMILES string of the molecule is C[C@H](NCCOc1ccc([N+](=O)[O-])cc1)C1CCCC1. The molecule has 1 aromatic carbocycles. The van der Waals surface area contributed by atoms with Crippen molar-refractivity contribution < 1.29 is 9.66 Å². The molecule has 1 aliphatic rings. The third kappa shape index (κ3) is 4.20. The van der Waals surface area contributed by atoms with Crippen LogP contribution in [-0.4, -0.2) is 24.1 Å². The van der Waals surface area contributed by atoms with E-state index in [0.717, 1.165) is 12.5 Å². The molecule has 0 aromatic heterocycles. The number of benzene rings is 1. The van der Waals surface area contributed by atoms with Crippen LogP contribution in [0.25, 0.3) is 0 Å². The molecule has 0 bridgehead atoms. The molecule has 1 aromatic rings. The lowest BCUT2D eigenvalue weighted by molar-refractivity contribution is -0.384. The van der Waals surface area contributed by atoms with Crippen molar-refractivity contribution in [2.24, 2.45) is 5.92 Å². The summed E-state index contributed by atoms with van der Waals surface area (Å²) in [5, 5.41) is 14.0. The number of nitrogens with zero attached hydrogens (tertiary/aromatic N) is 1. The summed E-state index contributed by atoms with van der Waals surface area (Å²) in [5.74, 6) is 1.47. The molecule has 1 saturated carbocycles. The van der Waals surface area contributed by atoms with E-state index in [1.165, 1.54) is 37.8 Å². The standard InChI is InChI=1S/C15H22N2O3/c1-12(13-4-2-3-5-13)16-10-11-20-15-8-6-14(7-9-15)17(18)19/h6-9,12-13,16H,2-5,10-11H2,1H3/t12-/m0/s1. The van der Waals surface area contributed by atoms with Gasteiger partial charge in [-0.15, -0.1) is 0 Å². The molecule has 0 unspecified atom stereocenters. The van der Waals surface area contributed by atoms with Crippen molar-refractivity contribution in [3.63, 3.8) is 0 Å². The Morgan fingerprint density at radius 3 is 2.60 bits per heavy atom. The van der Waals surface area contributed by atoms with Crippen LogP contribution in [-0.2, 0) is 0 Å². The topological polar surface area (TPSA) is 64.4 Å².